The highest BCUT2D eigenvalue weighted by molar-refractivity contribution is 8.13. The molecule has 0 saturated carbocycles. The van der Waals surface area contributed by atoms with Gasteiger partial charge in [0.25, 0.3) is 5.24 Å². The molecule has 0 aliphatic carbocycles. The predicted octanol–water partition coefficient (Wildman–Crippen LogP) is 0.0507. The van der Waals surface area contributed by atoms with Gasteiger partial charge in [0.2, 0.25) is 5.91 Å². The third-order valence-corrected chi connectivity index (χ3v) is 2.47. The number of carbonyl (C=O) groups is 2. The van der Waals surface area contributed by atoms with E-state index in [1.807, 2.05) is 0 Å². The Labute approximate surface area is 74.1 Å². The van der Waals surface area contributed by atoms with Crippen LogP contribution < -0.4 is 5.48 Å². The van der Waals surface area contributed by atoms with Crippen molar-refractivity contribution in [2.45, 2.75) is 6.42 Å². The third-order valence-electron chi connectivity index (χ3n) is 1.58. The van der Waals surface area contributed by atoms with Crippen LogP contribution in [-0.4, -0.2) is 40.1 Å². The number of carbonyl (C=O) groups excluding carboxylic acids is 2. The summed E-state index contributed by atoms with van der Waals surface area (Å²) in [5, 5.41) is 8.18. The fourth-order valence-corrected chi connectivity index (χ4v) is 1.77. The first-order valence-electron chi connectivity index (χ1n) is 3.58. The fourth-order valence-electron chi connectivity index (χ4n) is 0.921. The summed E-state index contributed by atoms with van der Waals surface area (Å²) in [6.07, 6.45) is 0.156. The third kappa shape index (κ3) is 2.38. The van der Waals surface area contributed by atoms with E-state index in [1.54, 1.807) is 4.90 Å². The Kier molecular flexibility index (Phi) is 3.36. The van der Waals surface area contributed by atoms with Crippen LogP contribution in [0.5, 0.6) is 0 Å². The van der Waals surface area contributed by atoms with E-state index in [1.165, 1.54) is 17.2 Å². The molecule has 0 aromatic rings. The van der Waals surface area contributed by atoms with Crippen molar-refractivity contribution in [1.29, 1.82) is 0 Å². The zero-order valence-corrected chi connectivity index (χ0v) is 7.26. The monoisotopic (exact) mass is 190 g/mol. The minimum atomic E-state index is -0.459. The van der Waals surface area contributed by atoms with Crippen molar-refractivity contribution in [2.75, 3.05) is 18.8 Å². The summed E-state index contributed by atoms with van der Waals surface area (Å²) in [4.78, 5) is 23.1. The first-order chi connectivity index (χ1) is 5.74. The minimum absolute atomic E-state index is 0.0146. The molecule has 0 atom stereocenters. The molecule has 1 rings (SSSR count). The molecule has 1 saturated heterocycles. The fraction of sp³-hybridized carbons (Fsp3) is 0.667. The zero-order valence-electron chi connectivity index (χ0n) is 6.45. The quantitative estimate of drug-likeness (QED) is 0.487. The van der Waals surface area contributed by atoms with Gasteiger partial charge >= 0.3 is 0 Å². The maximum absolute atomic E-state index is 11.0. The maximum atomic E-state index is 11.0. The topological polar surface area (TPSA) is 69.6 Å². The molecule has 0 aromatic carbocycles. The van der Waals surface area contributed by atoms with Crippen LogP contribution in [0.15, 0.2) is 0 Å². The molecular weight excluding hydrogens is 180 g/mol. The van der Waals surface area contributed by atoms with Crippen molar-refractivity contribution >= 4 is 22.9 Å². The lowest BCUT2D eigenvalue weighted by molar-refractivity contribution is -0.129. The van der Waals surface area contributed by atoms with Gasteiger partial charge in [-0.25, -0.2) is 5.48 Å². The Balaban J connectivity index is 2.22. The summed E-state index contributed by atoms with van der Waals surface area (Å²) >= 11 is 1.26. The molecule has 1 heterocycles. The number of hydrogen-bond acceptors (Lipinski definition) is 4. The highest BCUT2D eigenvalue weighted by Crippen LogP contribution is 2.16. The van der Waals surface area contributed by atoms with E-state index in [2.05, 4.69) is 0 Å². The van der Waals surface area contributed by atoms with Gasteiger partial charge in [0.1, 0.15) is 0 Å². The number of thioether (sulfide) groups is 1. The number of hydrogen-bond donors (Lipinski definition) is 2. The Bertz CT molecular complexity index is 197. The highest BCUT2D eigenvalue weighted by atomic mass is 32.2. The summed E-state index contributed by atoms with van der Waals surface area (Å²) in [6.45, 7) is 1.08. The maximum Gasteiger partial charge on any atom is 0.281 e. The minimum Gasteiger partial charge on any atom is -0.332 e. The van der Waals surface area contributed by atoms with Crippen LogP contribution in [0, 0.1) is 0 Å². The van der Waals surface area contributed by atoms with E-state index in [9.17, 15) is 9.59 Å². The number of nitrogens with one attached hydrogen (secondary N) is 1. The number of amides is 2. The molecule has 2 N–H and O–H groups in total. The first kappa shape index (κ1) is 9.34. The van der Waals surface area contributed by atoms with Gasteiger partial charge in [0, 0.05) is 25.3 Å². The van der Waals surface area contributed by atoms with E-state index < -0.39 is 5.91 Å². The van der Waals surface area contributed by atoms with Gasteiger partial charge in [-0.3, -0.25) is 14.8 Å². The normalized spacial score (nSPS) is 16.8. The number of nitrogens with zero attached hydrogens (tertiary/aromatic N) is 1. The van der Waals surface area contributed by atoms with Gasteiger partial charge in [-0.1, -0.05) is 11.8 Å². The largest absolute Gasteiger partial charge is 0.332 e. The van der Waals surface area contributed by atoms with Crippen molar-refractivity contribution in [3.05, 3.63) is 0 Å². The van der Waals surface area contributed by atoms with Gasteiger partial charge in [-0.2, -0.15) is 0 Å². The van der Waals surface area contributed by atoms with Crippen LogP contribution in [0.2, 0.25) is 0 Å². The van der Waals surface area contributed by atoms with Gasteiger partial charge in [-0.05, 0) is 0 Å². The van der Waals surface area contributed by atoms with Crippen LogP contribution in [0.25, 0.3) is 0 Å². The summed E-state index contributed by atoms with van der Waals surface area (Å²) < 4.78 is 0. The Hall–Kier alpha value is -0.750. The molecule has 1 aliphatic rings. The Morgan fingerprint density at radius 3 is 3.00 bits per heavy atom. The summed E-state index contributed by atoms with van der Waals surface area (Å²) in [5.74, 6) is 0.333. The number of rotatable bonds is 3. The van der Waals surface area contributed by atoms with Crippen LogP contribution in [0.4, 0.5) is 4.79 Å². The average Bonchev–Trinajstić information content (AvgIpc) is 2.47. The second-order valence-corrected chi connectivity index (χ2v) is 3.43. The Morgan fingerprint density at radius 1 is 1.75 bits per heavy atom. The second kappa shape index (κ2) is 4.32. The average molecular weight is 190 g/mol. The molecule has 0 spiro atoms. The highest BCUT2D eigenvalue weighted by Gasteiger charge is 2.20. The van der Waals surface area contributed by atoms with Gasteiger partial charge < -0.3 is 4.90 Å². The summed E-state index contributed by atoms with van der Waals surface area (Å²) in [7, 11) is 0. The zero-order chi connectivity index (χ0) is 8.97. The molecule has 0 aromatic heterocycles. The van der Waals surface area contributed by atoms with Crippen LogP contribution >= 0.6 is 11.8 Å². The SMILES string of the molecule is O=C(CCN1CCSC1=O)NO. The van der Waals surface area contributed by atoms with Crippen molar-refractivity contribution in [2.24, 2.45) is 0 Å². The van der Waals surface area contributed by atoms with E-state index in [0.29, 0.717) is 13.1 Å². The molecule has 1 fully saturated rings. The molecule has 2 amide bonds. The molecule has 68 valence electrons. The van der Waals surface area contributed by atoms with E-state index >= 15 is 0 Å². The van der Waals surface area contributed by atoms with E-state index in [0.717, 1.165) is 5.75 Å². The summed E-state index contributed by atoms with van der Waals surface area (Å²) in [5.41, 5.74) is 1.52. The van der Waals surface area contributed by atoms with Crippen molar-refractivity contribution in [3.63, 3.8) is 0 Å². The molecule has 0 radical (unpaired) electrons. The summed E-state index contributed by atoms with van der Waals surface area (Å²) in [6, 6.07) is 0. The van der Waals surface area contributed by atoms with Crippen LogP contribution in [-0.2, 0) is 4.79 Å². The number of hydroxylamine groups is 1. The smallest absolute Gasteiger partial charge is 0.281 e. The molecular formula is C6H10N2O3S. The second-order valence-electron chi connectivity index (χ2n) is 2.39. The molecule has 6 heteroatoms. The first-order valence-corrected chi connectivity index (χ1v) is 4.57. The van der Waals surface area contributed by atoms with Crippen molar-refractivity contribution < 1.29 is 14.8 Å². The van der Waals surface area contributed by atoms with Crippen molar-refractivity contribution in [1.82, 2.24) is 10.4 Å². The predicted molar refractivity (Wildman–Crippen MR) is 44.0 cm³/mol. The molecule has 12 heavy (non-hydrogen) atoms. The lowest BCUT2D eigenvalue weighted by Gasteiger charge is -2.12. The van der Waals surface area contributed by atoms with E-state index in [4.69, 9.17) is 5.21 Å². The lowest BCUT2D eigenvalue weighted by Crippen LogP contribution is -2.29. The van der Waals surface area contributed by atoms with E-state index in [-0.39, 0.29) is 11.7 Å². The van der Waals surface area contributed by atoms with Crippen LogP contribution in [0.3, 0.4) is 0 Å². The lowest BCUT2D eigenvalue weighted by atomic mass is 10.4. The van der Waals surface area contributed by atoms with Crippen molar-refractivity contribution in [3.8, 4) is 0 Å². The van der Waals surface area contributed by atoms with Gasteiger partial charge in [0.05, 0.1) is 0 Å². The standard InChI is InChI=1S/C6H10N2O3S/c9-5(7-11)1-2-8-3-4-12-6(8)10/h11H,1-4H2,(H,7,9). The van der Waals surface area contributed by atoms with Crippen LogP contribution in [0.1, 0.15) is 6.42 Å². The molecule has 0 bridgehead atoms. The Morgan fingerprint density at radius 2 is 2.50 bits per heavy atom. The molecule has 0 unspecified atom stereocenters. The van der Waals surface area contributed by atoms with Gasteiger partial charge in [0.15, 0.2) is 0 Å². The molecule has 5 nitrogen and oxygen atoms in total. The van der Waals surface area contributed by atoms with Gasteiger partial charge in [-0.15, -0.1) is 0 Å². The molecule has 1 aliphatic heterocycles.